The number of ether oxygens (including phenoxy) is 2. The molecule has 0 heterocycles. The van der Waals surface area contributed by atoms with E-state index in [-0.39, 0.29) is 53.1 Å². The third-order valence-corrected chi connectivity index (χ3v) is 14.6. The van der Waals surface area contributed by atoms with Gasteiger partial charge in [-0.15, -0.1) is 0 Å². The Labute approximate surface area is 263 Å². The van der Waals surface area contributed by atoms with Crippen molar-refractivity contribution >= 4 is 23.8 Å². The molecule has 0 spiro atoms. The molecule has 0 bridgehead atoms. The Morgan fingerprint density at radius 1 is 0.864 bits per heavy atom. The number of carboxylic acids is 1. The Hall–Kier alpha value is -2.38. The summed E-state index contributed by atoms with van der Waals surface area (Å²) < 4.78 is 10.9. The number of carbonyl (C=O) groups is 4. The van der Waals surface area contributed by atoms with Gasteiger partial charge in [-0.3, -0.25) is 19.2 Å². The zero-order valence-electron chi connectivity index (χ0n) is 28.1. The van der Waals surface area contributed by atoms with Gasteiger partial charge in [-0.25, -0.2) is 0 Å². The maximum atomic E-state index is 14.1. The fourth-order valence-electron chi connectivity index (χ4n) is 12.4. The zero-order chi connectivity index (χ0) is 32.5. The van der Waals surface area contributed by atoms with E-state index in [0.717, 1.165) is 63.4 Å². The van der Waals surface area contributed by atoms with Crippen LogP contribution in [0.25, 0.3) is 0 Å². The van der Waals surface area contributed by atoms with E-state index in [2.05, 4.69) is 39.6 Å². The minimum atomic E-state index is -0.994. The molecular weight excluding hydrogens is 558 g/mol. The lowest BCUT2D eigenvalue weighted by Gasteiger charge is -2.72. The number of carbonyl (C=O) groups excluding carboxylic acids is 3. The summed E-state index contributed by atoms with van der Waals surface area (Å²) >= 11 is 0. The molecule has 5 saturated carbocycles. The van der Waals surface area contributed by atoms with E-state index in [1.54, 1.807) is 6.92 Å². The van der Waals surface area contributed by atoms with E-state index in [1.807, 2.05) is 6.92 Å². The van der Waals surface area contributed by atoms with Crippen molar-refractivity contribution in [1.82, 2.24) is 5.32 Å². The highest BCUT2D eigenvalue weighted by Crippen LogP contribution is 2.77. The molecule has 1 amide bonds. The number of allylic oxidation sites excluding steroid dienone is 1. The van der Waals surface area contributed by atoms with Crippen LogP contribution in [-0.4, -0.2) is 48.2 Å². The predicted octanol–water partition coefficient (Wildman–Crippen LogP) is 6.32. The first kappa shape index (κ1) is 33.0. The Morgan fingerprint density at radius 3 is 2.18 bits per heavy atom. The number of aliphatic carboxylic acids is 1. The monoisotopic (exact) mass is 613 g/mol. The molecule has 0 saturated heterocycles. The van der Waals surface area contributed by atoms with Crippen molar-refractivity contribution in [1.29, 1.82) is 0 Å². The number of rotatable bonds is 7. The quantitative estimate of drug-likeness (QED) is 0.255. The Bertz CT molecular complexity index is 1230. The maximum absolute atomic E-state index is 14.1. The van der Waals surface area contributed by atoms with Gasteiger partial charge in [-0.1, -0.05) is 32.9 Å². The van der Waals surface area contributed by atoms with Crippen LogP contribution in [-0.2, 0) is 28.7 Å². The summed E-state index contributed by atoms with van der Waals surface area (Å²) in [6, 6.07) is 0. The summed E-state index contributed by atoms with van der Waals surface area (Å²) in [6.07, 6.45) is 7.88. The van der Waals surface area contributed by atoms with Crippen molar-refractivity contribution in [3.63, 3.8) is 0 Å². The van der Waals surface area contributed by atoms with Gasteiger partial charge in [0.25, 0.3) is 0 Å². The molecule has 11 atom stereocenters. The lowest BCUT2D eigenvalue weighted by molar-refractivity contribution is -0.250. The Kier molecular flexibility index (Phi) is 8.36. The molecule has 0 aromatic heterocycles. The number of carboxylic acid groups (broad SMARTS) is 1. The molecule has 2 N–H and O–H groups in total. The SMILES string of the molecule is C=C(C)[C@@H]1CC[C@]2(C(=O)O)CC[C@]3(C)[C@H](CC[C@@H]4[C@@]5(C)CC[C@@H](OC(C)=O)[C@@](C)(C(=O)NCC(=O)OCC)[C@@H]5CC[C@]43C)[C@@H]12. The highest BCUT2D eigenvalue weighted by atomic mass is 16.5. The van der Waals surface area contributed by atoms with Crippen LogP contribution in [0.3, 0.4) is 0 Å². The number of hydrogen-bond donors (Lipinski definition) is 2. The molecule has 5 rings (SSSR count). The van der Waals surface area contributed by atoms with Gasteiger partial charge in [-0.05, 0) is 131 Å². The van der Waals surface area contributed by atoms with Crippen LogP contribution in [0.5, 0.6) is 0 Å². The third kappa shape index (κ3) is 4.50. The van der Waals surface area contributed by atoms with Gasteiger partial charge >= 0.3 is 17.9 Å². The molecule has 44 heavy (non-hydrogen) atoms. The second-order valence-corrected chi connectivity index (χ2v) is 16.1. The largest absolute Gasteiger partial charge is 0.481 e. The topological polar surface area (TPSA) is 119 Å². The van der Waals surface area contributed by atoms with Crippen LogP contribution in [0.15, 0.2) is 12.2 Å². The van der Waals surface area contributed by atoms with E-state index in [1.165, 1.54) is 6.92 Å². The van der Waals surface area contributed by atoms with Gasteiger partial charge in [0.1, 0.15) is 12.6 Å². The van der Waals surface area contributed by atoms with Crippen molar-refractivity contribution in [2.24, 2.45) is 56.7 Å². The normalized spacial score (nSPS) is 45.9. The smallest absolute Gasteiger partial charge is 0.325 e. The van der Waals surface area contributed by atoms with E-state index >= 15 is 0 Å². The summed E-state index contributed by atoms with van der Waals surface area (Å²) in [5, 5.41) is 13.5. The van der Waals surface area contributed by atoms with E-state index in [4.69, 9.17) is 9.47 Å². The van der Waals surface area contributed by atoms with Gasteiger partial charge in [0, 0.05) is 6.92 Å². The molecular formula is C36H55NO7. The first-order valence-corrected chi connectivity index (χ1v) is 17.0. The second-order valence-electron chi connectivity index (χ2n) is 16.1. The third-order valence-electron chi connectivity index (χ3n) is 14.6. The van der Waals surface area contributed by atoms with Crippen LogP contribution >= 0.6 is 0 Å². The maximum Gasteiger partial charge on any atom is 0.325 e. The van der Waals surface area contributed by atoms with Crippen LogP contribution in [0.1, 0.15) is 113 Å². The van der Waals surface area contributed by atoms with Gasteiger partial charge in [0.15, 0.2) is 0 Å². The number of amides is 1. The van der Waals surface area contributed by atoms with Crippen LogP contribution in [0.4, 0.5) is 0 Å². The number of esters is 2. The molecule has 0 unspecified atom stereocenters. The Balaban J connectivity index is 1.51. The van der Waals surface area contributed by atoms with E-state index in [0.29, 0.717) is 18.3 Å². The lowest BCUT2D eigenvalue weighted by atomic mass is 9.32. The predicted molar refractivity (Wildman–Crippen MR) is 166 cm³/mol. The number of hydrogen-bond acceptors (Lipinski definition) is 6. The van der Waals surface area contributed by atoms with Crippen molar-refractivity contribution in [3.8, 4) is 0 Å². The van der Waals surface area contributed by atoms with Crippen LogP contribution < -0.4 is 5.32 Å². The molecule has 246 valence electrons. The minimum Gasteiger partial charge on any atom is -0.481 e. The van der Waals surface area contributed by atoms with E-state index in [9.17, 15) is 24.3 Å². The van der Waals surface area contributed by atoms with Crippen LogP contribution in [0, 0.1) is 56.7 Å². The summed E-state index contributed by atoms with van der Waals surface area (Å²) in [5.74, 6) is -0.785. The average Bonchev–Trinajstić information content (AvgIpc) is 3.35. The van der Waals surface area contributed by atoms with Crippen molar-refractivity contribution in [2.45, 2.75) is 119 Å². The second kappa shape index (κ2) is 11.2. The fourth-order valence-corrected chi connectivity index (χ4v) is 12.4. The van der Waals surface area contributed by atoms with Gasteiger partial charge in [-0.2, -0.15) is 0 Å². The molecule has 0 aromatic rings. The van der Waals surface area contributed by atoms with E-state index < -0.39 is 34.8 Å². The summed E-state index contributed by atoms with van der Waals surface area (Å²) in [5.41, 5.74) is -0.760. The molecule has 0 aromatic carbocycles. The summed E-state index contributed by atoms with van der Waals surface area (Å²) in [6.45, 7) is 18.8. The first-order chi connectivity index (χ1) is 20.5. The molecule has 5 aliphatic rings. The molecule has 8 heteroatoms. The summed E-state index contributed by atoms with van der Waals surface area (Å²) in [4.78, 5) is 51.5. The average molecular weight is 614 g/mol. The number of nitrogens with one attached hydrogen (secondary N) is 1. The highest BCUT2D eigenvalue weighted by molar-refractivity contribution is 5.87. The van der Waals surface area contributed by atoms with Gasteiger partial charge in [0.05, 0.1) is 17.4 Å². The van der Waals surface area contributed by atoms with Crippen molar-refractivity contribution in [2.75, 3.05) is 13.2 Å². The molecule has 0 radical (unpaired) electrons. The zero-order valence-corrected chi connectivity index (χ0v) is 28.1. The van der Waals surface area contributed by atoms with Gasteiger partial charge in [0.2, 0.25) is 5.91 Å². The highest BCUT2D eigenvalue weighted by Gasteiger charge is 2.73. The molecule has 5 aliphatic carbocycles. The molecule has 0 aliphatic heterocycles. The molecule has 8 nitrogen and oxygen atoms in total. The molecule has 5 fully saturated rings. The Morgan fingerprint density at radius 2 is 1.57 bits per heavy atom. The summed E-state index contributed by atoms with van der Waals surface area (Å²) in [7, 11) is 0. The van der Waals surface area contributed by atoms with Crippen molar-refractivity contribution < 1.29 is 33.8 Å². The van der Waals surface area contributed by atoms with Crippen molar-refractivity contribution in [3.05, 3.63) is 12.2 Å². The fraction of sp³-hybridized carbons (Fsp3) is 0.833. The minimum absolute atomic E-state index is 0.0232. The van der Waals surface area contributed by atoms with Crippen LogP contribution in [0.2, 0.25) is 0 Å². The standard InChI is InChI=1S/C36H55NO7/c1-9-43-28(39)20-37-30(40)35(8)26-13-16-34(7)25(32(26,5)15-14-27(35)44-22(4)38)11-10-24-29-23(21(2)3)12-17-36(29,31(41)42)19-18-33(24,34)6/h23-27,29H,2,9-20H2,1,3-8H3,(H,37,40)(H,41,42)/t23-,24+,25+,26+,27+,29+,32+,33+,34+,35-,36-/m0/s1. The van der Waals surface area contributed by atoms with Gasteiger partial charge < -0.3 is 19.9 Å². The number of fused-ring (bicyclic) bond motifs is 7. The lowest BCUT2D eigenvalue weighted by Crippen LogP contribution is -2.69. The first-order valence-electron chi connectivity index (χ1n) is 17.0.